The van der Waals surface area contributed by atoms with E-state index >= 15 is 0 Å². The van der Waals surface area contributed by atoms with E-state index in [1.807, 2.05) is 0 Å². The predicted octanol–water partition coefficient (Wildman–Crippen LogP) is 4.92. The Labute approximate surface area is 234 Å². The lowest BCUT2D eigenvalue weighted by molar-refractivity contribution is -0.253. The van der Waals surface area contributed by atoms with Gasteiger partial charge in [0.2, 0.25) is 0 Å². The number of benzene rings is 1. The molecule has 220 valence electrons. The lowest BCUT2D eigenvalue weighted by atomic mass is 9.90. The molecule has 0 radical (unpaired) electrons. The number of alkyl halides is 4. The highest BCUT2D eigenvalue weighted by Gasteiger charge is 2.44. The summed E-state index contributed by atoms with van der Waals surface area (Å²) >= 11 is 1.79. The van der Waals surface area contributed by atoms with Crippen molar-refractivity contribution in [3.05, 3.63) is 68.7 Å². The molecular weight excluding hydrogens is 571 g/mol. The molecule has 0 unspecified atom stereocenters. The average Bonchev–Trinajstić information content (AvgIpc) is 2.95. The summed E-state index contributed by atoms with van der Waals surface area (Å²) < 4.78 is 71.7. The standard InChI is InChI=1S/C27H27F5N4O4S/c28-16-13-21-22(33-14-16)35(19-9-11-41-12-10-19)26(39)36(24(21)38)18-5-3-17(4-6-18)34-23(37)15-1-7-20(8-2-15)40-27(31,32)25(29)30/h1-2,7-8,13-14,17-19,25H,3-6,9-12H2,(H,34,37). The van der Waals surface area contributed by atoms with Gasteiger partial charge in [0.25, 0.3) is 11.5 Å². The van der Waals surface area contributed by atoms with Crippen molar-refractivity contribution < 1.29 is 31.5 Å². The molecule has 0 spiro atoms. The number of thioether (sulfide) groups is 1. The first-order valence-corrected chi connectivity index (χ1v) is 14.4. The van der Waals surface area contributed by atoms with Crippen LogP contribution in [0.3, 0.4) is 0 Å². The first-order valence-electron chi connectivity index (χ1n) is 13.2. The molecule has 0 atom stereocenters. The van der Waals surface area contributed by atoms with Crippen molar-refractivity contribution in [2.24, 2.45) is 0 Å². The van der Waals surface area contributed by atoms with Crippen molar-refractivity contribution in [2.45, 2.75) is 69.2 Å². The van der Waals surface area contributed by atoms with Gasteiger partial charge in [-0.15, -0.1) is 0 Å². The van der Waals surface area contributed by atoms with Crippen molar-refractivity contribution in [3.63, 3.8) is 0 Å². The number of ether oxygens (including phenoxy) is 1. The second-order valence-electron chi connectivity index (χ2n) is 10.2. The molecule has 1 aliphatic heterocycles. The molecule has 1 saturated heterocycles. The maximum atomic E-state index is 14.1. The first kappa shape index (κ1) is 29.1. The zero-order chi connectivity index (χ0) is 29.3. The van der Waals surface area contributed by atoms with E-state index in [9.17, 15) is 36.3 Å². The van der Waals surface area contributed by atoms with E-state index in [2.05, 4.69) is 15.0 Å². The van der Waals surface area contributed by atoms with E-state index in [1.54, 1.807) is 11.8 Å². The SMILES string of the molecule is O=C(NC1CCC(n2c(=O)c3cc(F)cnc3n(C3CCSCC3)c2=O)CC1)c1ccc(OC(F)(F)C(F)F)cc1. The molecule has 1 aromatic carbocycles. The van der Waals surface area contributed by atoms with E-state index in [4.69, 9.17) is 0 Å². The van der Waals surface area contributed by atoms with Gasteiger partial charge in [0, 0.05) is 23.7 Å². The number of hydrogen-bond donors (Lipinski definition) is 1. The number of carbonyl (C=O) groups is 1. The fraction of sp³-hybridized carbons (Fsp3) is 0.481. The molecule has 2 aromatic heterocycles. The smallest absolute Gasteiger partial charge is 0.428 e. The lowest BCUT2D eigenvalue weighted by Gasteiger charge is -2.31. The number of pyridine rings is 1. The van der Waals surface area contributed by atoms with Crippen LogP contribution in [0.1, 0.15) is 61.0 Å². The minimum Gasteiger partial charge on any atom is -0.428 e. The average molecular weight is 599 g/mol. The van der Waals surface area contributed by atoms with Crippen LogP contribution in [-0.2, 0) is 0 Å². The maximum Gasteiger partial charge on any atom is 0.461 e. The number of nitrogens with one attached hydrogen (secondary N) is 1. The Balaban J connectivity index is 1.30. The third-order valence-corrected chi connectivity index (χ3v) is 8.55. The molecule has 0 bridgehead atoms. The van der Waals surface area contributed by atoms with Crippen LogP contribution in [0, 0.1) is 5.82 Å². The number of aromatic nitrogens is 3. The molecule has 3 aromatic rings. The summed E-state index contributed by atoms with van der Waals surface area (Å²) in [5, 5.41) is 2.89. The van der Waals surface area contributed by atoms with Crippen molar-refractivity contribution in [1.82, 2.24) is 19.4 Å². The van der Waals surface area contributed by atoms with E-state index in [-0.39, 0.29) is 28.7 Å². The minimum atomic E-state index is -4.65. The lowest BCUT2D eigenvalue weighted by Crippen LogP contribution is -2.46. The molecule has 2 fully saturated rings. The van der Waals surface area contributed by atoms with Crippen LogP contribution < -0.4 is 21.3 Å². The number of hydrogen-bond acceptors (Lipinski definition) is 6. The van der Waals surface area contributed by atoms with Gasteiger partial charge in [-0.3, -0.25) is 18.7 Å². The molecule has 1 N–H and O–H groups in total. The van der Waals surface area contributed by atoms with Crippen LogP contribution in [0.15, 0.2) is 46.1 Å². The van der Waals surface area contributed by atoms with Gasteiger partial charge in [0.15, 0.2) is 0 Å². The number of amides is 1. The van der Waals surface area contributed by atoms with Gasteiger partial charge >= 0.3 is 18.2 Å². The van der Waals surface area contributed by atoms with Crippen LogP contribution in [0.5, 0.6) is 5.75 Å². The topological polar surface area (TPSA) is 95.2 Å². The minimum absolute atomic E-state index is 0.0528. The van der Waals surface area contributed by atoms with Crippen LogP contribution in [0.2, 0.25) is 0 Å². The highest BCUT2D eigenvalue weighted by molar-refractivity contribution is 7.99. The molecule has 41 heavy (non-hydrogen) atoms. The van der Waals surface area contributed by atoms with Crippen LogP contribution >= 0.6 is 11.8 Å². The summed E-state index contributed by atoms with van der Waals surface area (Å²) in [6.45, 7) is 0. The Bertz CT molecular complexity index is 1530. The van der Waals surface area contributed by atoms with Gasteiger partial charge in [-0.05, 0) is 80.4 Å². The van der Waals surface area contributed by atoms with Gasteiger partial charge in [-0.25, -0.2) is 14.2 Å². The zero-order valence-corrected chi connectivity index (χ0v) is 22.5. The van der Waals surface area contributed by atoms with Crippen LogP contribution in [0.25, 0.3) is 11.0 Å². The van der Waals surface area contributed by atoms with Gasteiger partial charge in [0.05, 0.1) is 11.6 Å². The largest absolute Gasteiger partial charge is 0.461 e. The summed E-state index contributed by atoms with van der Waals surface area (Å²) in [6, 6.07) is 4.61. The van der Waals surface area contributed by atoms with Crippen LogP contribution in [-0.4, -0.2) is 50.1 Å². The van der Waals surface area contributed by atoms with Crippen LogP contribution in [0.4, 0.5) is 22.0 Å². The van der Waals surface area contributed by atoms with Gasteiger partial charge in [-0.2, -0.15) is 29.3 Å². The van der Waals surface area contributed by atoms with Crippen molar-refractivity contribution in [1.29, 1.82) is 0 Å². The fourth-order valence-corrected chi connectivity index (χ4v) is 6.50. The molecule has 8 nitrogen and oxygen atoms in total. The fourth-order valence-electron chi connectivity index (χ4n) is 5.42. The second-order valence-corrected chi connectivity index (χ2v) is 11.4. The molecule has 3 heterocycles. The number of halogens is 5. The summed E-state index contributed by atoms with van der Waals surface area (Å²) in [7, 11) is 0. The quantitative estimate of drug-likeness (QED) is 0.389. The highest BCUT2D eigenvalue weighted by atomic mass is 32.2. The van der Waals surface area contributed by atoms with Crippen molar-refractivity contribution in [2.75, 3.05) is 11.5 Å². The van der Waals surface area contributed by atoms with Gasteiger partial charge in [-0.1, -0.05) is 0 Å². The first-order chi connectivity index (χ1) is 19.5. The normalized spacial score (nSPS) is 20.3. The number of rotatable bonds is 7. The summed E-state index contributed by atoms with van der Waals surface area (Å²) in [6.07, 6.45) is -4.47. The molecule has 1 amide bonds. The van der Waals surface area contributed by atoms with Crippen molar-refractivity contribution in [3.8, 4) is 5.75 Å². The second kappa shape index (κ2) is 11.8. The third-order valence-electron chi connectivity index (χ3n) is 7.50. The number of nitrogens with zero attached hydrogens (tertiary/aromatic N) is 3. The zero-order valence-electron chi connectivity index (χ0n) is 21.7. The van der Waals surface area contributed by atoms with E-state index < -0.39 is 47.3 Å². The Morgan fingerprint density at radius 3 is 2.27 bits per heavy atom. The van der Waals surface area contributed by atoms with Crippen molar-refractivity contribution >= 4 is 28.7 Å². The molecular formula is C27H27F5N4O4S. The number of carbonyl (C=O) groups excluding carboxylic acids is 1. The summed E-state index contributed by atoms with van der Waals surface area (Å²) in [5.74, 6) is 0.0475. The van der Waals surface area contributed by atoms with Gasteiger partial charge < -0.3 is 10.1 Å². The van der Waals surface area contributed by atoms with Gasteiger partial charge in [0.1, 0.15) is 17.2 Å². The Morgan fingerprint density at radius 2 is 1.63 bits per heavy atom. The Kier molecular flexibility index (Phi) is 8.39. The summed E-state index contributed by atoms with van der Waals surface area (Å²) in [5.41, 5.74) is -0.755. The molecule has 1 saturated carbocycles. The Hall–Kier alpha value is -3.42. The maximum absolute atomic E-state index is 14.1. The summed E-state index contributed by atoms with van der Waals surface area (Å²) in [4.78, 5) is 43.9. The molecule has 1 aliphatic carbocycles. The molecule has 2 aliphatic rings. The van der Waals surface area contributed by atoms with E-state index in [1.165, 1.54) is 21.3 Å². The van der Waals surface area contributed by atoms with E-state index in [0.717, 1.165) is 48.7 Å². The predicted molar refractivity (Wildman–Crippen MR) is 143 cm³/mol. The third kappa shape index (κ3) is 6.11. The molecule has 5 rings (SSSR count). The monoisotopic (exact) mass is 598 g/mol. The highest BCUT2D eigenvalue weighted by Crippen LogP contribution is 2.31. The van der Waals surface area contributed by atoms with E-state index in [0.29, 0.717) is 25.7 Å². The Morgan fingerprint density at radius 1 is 1.00 bits per heavy atom. The molecule has 14 heteroatoms. The number of fused-ring (bicyclic) bond motifs is 1.